The van der Waals surface area contributed by atoms with Crippen LogP contribution in [0.5, 0.6) is 0 Å². The van der Waals surface area contributed by atoms with Crippen molar-refractivity contribution in [3.63, 3.8) is 0 Å². The lowest BCUT2D eigenvalue weighted by atomic mass is 10.1. The molecule has 0 spiro atoms. The van der Waals surface area contributed by atoms with Crippen molar-refractivity contribution in [3.8, 4) is 6.07 Å². The zero-order valence-electron chi connectivity index (χ0n) is 6.37. The van der Waals surface area contributed by atoms with Crippen LogP contribution in [-0.2, 0) is 10.0 Å². The highest BCUT2D eigenvalue weighted by Gasteiger charge is 2.02. The van der Waals surface area contributed by atoms with Gasteiger partial charge >= 0.3 is 0 Å². The number of hydrogen-bond donors (Lipinski definition) is 0. The van der Waals surface area contributed by atoms with Gasteiger partial charge in [0.25, 0.3) is 0 Å². The van der Waals surface area contributed by atoms with Gasteiger partial charge in [-0.1, -0.05) is 0 Å². The second-order valence-corrected chi connectivity index (χ2v) is 4.07. The van der Waals surface area contributed by atoms with E-state index in [-0.39, 0.29) is 0 Å². The predicted octanol–water partition coefficient (Wildman–Crippen LogP) is 2.13. The topological polar surface area (TPSA) is 40.9 Å². The molecule has 1 aromatic carbocycles. The largest absolute Gasteiger partial charge is 0.237 e. The normalized spacial score (nSPS) is 12.1. The van der Waals surface area contributed by atoms with Crippen molar-refractivity contribution >= 4 is 20.7 Å². The summed E-state index contributed by atoms with van der Waals surface area (Å²) in [6.07, 6.45) is 0. The van der Waals surface area contributed by atoms with E-state index in [9.17, 15) is 4.21 Å². The molecule has 0 fully saturated rings. The summed E-state index contributed by atoms with van der Waals surface area (Å²) in [5, 5.41) is 8.59. The first-order valence-electron chi connectivity index (χ1n) is 3.24. The Morgan fingerprint density at radius 2 is 2.25 bits per heavy atom. The van der Waals surface area contributed by atoms with Crippen LogP contribution in [0.1, 0.15) is 11.1 Å². The van der Waals surface area contributed by atoms with E-state index < -0.39 is 10.0 Å². The molecular formula is C8H6ClNOS. The van der Waals surface area contributed by atoms with Crippen LogP contribution in [0.15, 0.2) is 23.1 Å². The summed E-state index contributed by atoms with van der Waals surface area (Å²) < 4.78 is 10.8. The van der Waals surface area contributed by atoms with Crippen molar-refractivity contribution < 1.29 is 4.21 Å². The lowest BCUT2D eigenvalue weighted by Gasteiger charge is -1.98. The molecule has 12 heavy (non-hydrogen) atoms. The van der Waals surface area contributed by atoms with Crippen molar-refractivity contribution in [1.29, 1.82) is 5.26 Å². The standard InChI is InChI=1S/C8H6ClNOS/c1-6-4-8(12(9)11)3-2-7(6)5-10/h2-4H,1H3. The molecule has 62 valence electrons. The van der Waals surface area contributed by atoms with E-state index in [2.05, 4.69) is 0 Å². The number of nitriles is 1. The van der Waals surface area contributed by atoms with Crippen LogP contribution < -0.4 is 0 Å². The van der Waals surface area contributed by atoms with E-state index in [1.807, 2.05) is 6.07 Å². The van der Waals surface area contributed by atoms with E-state index in [4.69, 9.17) is 15.9 Å². The number of rotatable bonds is 1. The molecule has 0 saturated carbocycles. The summed E-state index contributed by atoms with van der Waals surface area (Å²) in [5.41, 5.74) is 1.38. The average molecular weight is 200 g/mol. The van der Waals surface area contributed by atoms with Crippen LogP contribution in [-0.4, -0.2) is 4.21 Å². The molecule has 0 aliphatic rings. The van der Waals surface area contributed by atoms with E-state index in [0.717, 1.165) is 5.56 Å². The SMILES string of the molecule is Cc1cc(S(=O)Cl)ccc1C#N. The highest BCUT2D eigenvalue weighted by atomic mass is 35.7. The zero-order chi connectivity index (χ0) is 9.14. The molecule has 1 unspecified atom stereocenters. The van der Waals surface area contributed by atoms with Crippen LogP contribution in [0.25, 0.3) is 0 Å². The molecular weight excluding hydrogens is 194 g/mol. The van der Waals surface area contributed by atoms with Crippen molar-refractivity contribution in [1.82, 2.24) is 0 Å². The van der Waals surface area contributed by atoms with Crippen LogP contribution in [0.4, 0.5) is 0 Å². The highest BCUT2D eigenvalue weighted by molar-refractivity contribution is 8.08. The van der Waals surface area contributed by atoms with Gasteiger partial charge in [0.05, 0.1) is 16.5 Å². The number of nitrogens with zero attached hydrogens (tertiary/aromatic N) is 1. The lowest BCUT2D eigenvalue weighted by molar-refractivity contribution is 0.691. The first-order chi connectivity index (χ1) is 5.65. The molecule has 1 rings (SSSR count). The number of benzene rings is 1. The van der Waals surface area contributed by atoms with Crippen molar-refractivity contribution in [2.45, 2.75) is 11.8 Å². The minimum absolute atomic E-state index is 0.535. The molecule has 4 heteroatoms. The van der Waals surface area contributed by atoms with Crippen LogP contribution in [0, 0.1) is 18.3 Å². The summed E-state index contributed by atoms with van der Waals surface area (Å²) in [6, 6.07) is 6.88. The second kappa shape index (κ2) is 3.70. The number of halogens is 1. The minimum atomic E-state index is -1.49. The van der Waals surface area contributed by atoms with Gasteiger partial charge in [0.15, 0.2) is 0 Å². The van der Waals surface area contributed by atoms with Gasteiger partial charge in [0.1, 0.15) is 10.0 Å². The summed E-state index contributed by atoms with van der Waals surface area (Å²) in [6.45, 7) is 1.78. The summed E-state index contributed by atoms with van der Waals surface area (Å²) in [7, 11) is 3.87. The predicted molar refractivity (Wildman–Crippen MR) is 48.2 cm³/mol. The Morgan fingerprint density at radius 1 is 1.58 bits per heavy atom. The van der Waals surface area contributed by atoms with Gasteiger partial charge < -0.3 is 0 Å². The van der Waals surface area contributed by atoms with Crippen molar-refractivity contribution in [2.24, 2.45) is 0 Å². The number of aryl methyl sites for hydroxylation is 1. The molecule has 0 aliphatic carbocycles. The van der Waals surface area contributed by atoms with Crippen molar-refractivity contribution in [2.75, 3.05) is 0 Å². The van der Waals surface area contributed by atoms with E-state index >= 15 is 0 Å². The third kappa shape index (κ3) is 1.84. The Labute approximate surface area is 77.7 Å². The highest BCUT2D eigenvalue weighted by Crippen LogP contribution is 2.14. The molecule has 0 amide bonds. The van der Waals surface area contributed by atoms with Crippen LogP contribution in [0.3, 0.4) is 0 Å². The maximum Gasteiger partial charge on any atom is 0.147 e. The third-order valence-corrected chi connectivity index (χ3v) is 2.66. The second-order valence-electron chi connectivity index (χ2n) is 2.31. The molecule has 1 atom stereocenters. The third-order valence-electron chi connectivity index (χ3n) is 1.50. The molecule has 0 radical (unpaired) electrons. The Kier molecular flexibility index (Phi) is 2.85. The van der Waals surface area contributed by atoms with Gasteiger partial charge in [0.2, 0.25) is 0 Å². The van der Waals surface area contributed by atoms with Gasteiger partial charge in [-0.3, -0.25) is 0 Å². The van der Waals surface area contributed by atoms with E-state index in [0.29, 0.717) is 10.5 Å². The maximum atomic E-state index is 10.8. The molecule has 0 N–H and O–H groups in total. The first kappa shape index (κ1) is 9.24. The molecule has 0 heterocycles. The summed E-state index contributed by atoms with van der Waals surface area (Å²) in [4.78, 5) is 0.535. The summed E-state index contributed by atoms with van der Waals surface area (Å²) in [5.74, 6) is 0. The number of hydrogen-bond acceptors (Lipinski definition) is 2. The van der Waals surface area contributed by atoms with Gasteiger partial charge in [-0.15, -0.1) is 0 Å². The molecule has 0 aliphatic heterocycles. The van der Waals surface area contributed by atoms with Gasteiger partial charge in [-0.25, -0.2) is 4.21 Å². The molecule has 1 aromatic rings. The Morgan fingerprint density at radius 3 is 2.67 bits per heavy atom. The molecule has 0 aromatic heterocycles. The zero-order valence-corrected chi connectivity index (χ0v) is 7.95. The van der Waals surface area contributed by atoms with Crippen molar-refractivity contribution in [3.05, 3.63) is 29.3 Å². The van der Waals surface area contributed by atoms with Gasteiger partial charge in [-0.05, 0) is 41.4 Å². The molecule has 2 nitrogen and oxygen atoms in total. The first-order valence-corrected chi connectivity index (χ1v) is 5.21. The fourth-order valence-corrected chi connectivity index (χ4v) is 1.59. The Bertz CT molecular complexity index is 370. The minimum Gasteiger partial charge on any atom is -0.237 e. The van der Waals surface area contributed by atoms with Gasteiger partial charge in [0, 0.05) is 0 Å². The smallest absolute Gasteiger partial charge is 0.147 e. The fraction of sp³-hybridized carbons (Fsp3) is 0.125. The maximum absolute atomic E-state index is 10.8. The van der Waals surface area contributed by atoms with Crippen LogP contribution in [0.2, 0.25) is 0 Å². The monoisotopic (exact) mass is 199 g/mol. The molecule has 0 bridgehead atoms. The lowest BCUT2D eigenvalue weighted by Crippen LogP contribution is -1.86. The Balaban J connectivity index is 3.21. The van der Waals surface area contributed by atoms with Crippen LogP contribution >= 0.6 is 10.7 Å². The Hall–Kier alpha value is -0.850. The quantitative estimate of drug-likeness (QED) is 0.651. The molecule has 0 saturated heterocycles. The summed E-state index contributed by atoms with van der Waals surface area (Å²) >= 11 is 0. The van der Waals surface area contributed by atoms with Gasteiger partial charge in [-0.2, -0.15) is 5.26 Å². The van der Waals surface area contributed by atoms with E-state index in [1.165, 1.54) is 0 Å². The van der Waals surface area contributed by atoms with E-state index in [1.54, 1.807) is 25.1 Å². The fourth-order valence-electron chi connectivity index (χ4n) is 0.861. The average Bonchev–Trinajstić information content (AvgIpc) is 2.04.